The van der Waals surface area contributed by atoms with Crippen LogP contribution in [0.25, 0.3) is 11.0 Å². The first-order valence-electron chi connectivity index (χ1n) is 4.33. The van der Waals surface area contributed by atoms with E-state index < -0.39 is 5.97 Å². The molecule has 78 valence electrons. The average molecular weight is 206 g/mol. The Hall–Kier alpha value is -2.11. The molecule has 0 spiro atoms. The number of fused-ring (bicyclic) bond motifs is 1. The van der Waals surface area contributed by atoms with Crippen LogP contribution in [0.1, 0.15) is 16.2 Å². The van der Waals surface area contributed by atoms with Crippen LogP contribution in [-0.4, -0.2) is 25.6 Å². The number of anilines is 1. The molecule has 0 aliphatic rings. The van der Waals surface area contributed by atoms with Crippen LogP contribution >= 0.6 is 0 Å². The third-order valence-electron chi connectivity index (χ3n) is 2.19. The van der Waals surface area contributed by atoms with E-state index in [-0.39, 0.29) is 11.4 Å². The molecule has 0 aromatic carbocycles. The summed E-state index contributed by atoms with van der Waals surface area (Å²) in [6.45, 7) is 1.71. The number of aromatic nitrogens is 3. The Kier molecular flexibility index (Phi) is 1.85. The molecule has 2 heterocycles. The quantitative estimate of drug-likeness (QED) is 0.710. The number of nitrogens with zero attached hydrogens (tertiary/aromatic N) is 3. The Balaban J connectivity index is 2.93. The summed E-state index contributed by atoms with van der Waals surface area (Å²) in [6, 6.07) is 0. The van der Waals surface area contributed by atoms with Gasteiger partial charge in [0, 0.05) is 13.2 Å². The third kappa shape index (κ3) is 1.30. The van der Waals surface area contributed by atoms with Gasteiger partial charge in [-0.05, 0) is 6.92 Å². The van der Waals surface area contributed by atoms with Crippen LogP contribution in [0.3, 0.4) is 0 Å². The molecule has 2 aromatic heterocycles. The summed E-state index contributed by atoms with van der Waals surface area (Å²) in [5.74, 6) is -0.298. The van der Waals surface area contributed by atoms with Crippen LogP contribution < -0.4 is 5.73 Å². The lowest BCUT2D eigenvalue weighted by Gasteiger charge is -1.99. The number of aryl methyl sites for hydroxylation is 2. The lowest BCUT2D eigenvalue weighted by atomic mass is 10.2. The fourth-order valence-corrected chi connectivity index (χ4v) is 1.57. The van der Waals surface area contributed by atoms with Gasteiger partial charge in [-0.1, -0.05) is 0 Å². The fraction of sp³-hybridized carbons (Fsp3) is 0.222. The van der Waals surface area contributed by atoms with Gasteiger partial charge >= 0.3 is 5.97 Å². The number of rotatable bonds is 1. The first-order chi connectivity index (χ1) is 7.00. The Labute approximate surface area is 85.4 Å². The van der Waals surface area contributed by atoms with Crippen molar-refractivity contribution in [3.63, 3.8) is 0 Å². The summed E-state index contributed by atoms with van der Waals surface area (Å²) in [5, 5.41) is 9.36. The van der Waals surface area contributed by atoms with Gasteiger partial charge in [0.15, 0.2) is 0 Å². The number of nitrogen functional groups attached to an aromatic ring is 1. The van der Waals surface area contributed by atoms with Gasteiger partial charge in [-0.25, -0.2) is 14.8 Å². The van der Waals surface area contributed by atoms with E-state index in [0.29, 0.717) is 16.9 Å². The molecular weight excluding hydrogens is 196 g/mol. The van der Waals surface area contributed by atoms with E-state index in [0.717, 1.165) is 0 Å². The summed E-state index contributed by atoms with van der Waals surface area (Å²) < 4.78 is 1.63. The number of carboxylic acid groups (broad SMARTS) is 1. The Morgan fingerprint density at radius 3 is 2.80 bits per heavy atom. The number of carbonyl (C=O) groups is 1. The summed E-state index contributed by atoms with van der Waals surface area (Å²) in [7, 11) is 1.72. The van der Waals surface area contributed by atoms with Gasteiger partial charge in [0.25, 0.3) is 0 Å². The van der Waals surface area contributed by atoms with Crippen LogP contribution in [-0.2, 0) is 7.05 Å². The number of nitrogens with two attached hydrogens (primary N) is 1. The minimum absolute atomic E-state index is 0.130. The van der Waals surface area contributed by atoms with Gasteiger partial charge in [0.2, 0.25) is 0 Å². The molecule has 0 bridgehead atoms. The first kappa shape index (κ1) is 9.45. The zero-order valence-corrected chi connectivity index (χ0v) is 8.35. The Morgan fingerprint density at radius 2 is 2.20 bits per heavy atom. The fourth-order valence-electron chi connectivity index (χ4n) is 1.57. The van der Waals surface area contributed by atoms with Gasteiger partial charge < -0.3 is 15.4 Å². The molecule has 6 heteroatoms. The van der Waals surface area contributed by atoms with E-state index >= 15 is 0 Å². The van der Waals surface area contributed by atoms with Crippen molar-refractivity contribution in [2.75, 3.05) is 5.73 Å². The number of hydrogen-bond donors (Lipinski definition) is 2. The highest BCUT2D eigenvalue weighted by Crippen LogP contribution is 2.23. The molecule has 3 N–H and O–H groups in total. The number of carboxylic acids is 1. The van der Waals surface area contributed by atoms with E-state index in [4.69, 9.17) is 10.8 Å². The molecule has 0 aliphatic heterocycles. The van der Waals surface area contributed by atoms with Crippen molar-refractivity contribution in [2.24, 2.45) is 7.05 Å². The molecule has 0 atom stereocenters. The van der Waals surface area contributed by atoms with Gasteiger partial charge in [-0.3, -0.25) is 0 Å². The van der Waals surface area contributed by atoms with E-state index in [1.54, 1.807) is 18.5 Å². The number of aromatic carboxylic acids is 1. The van der Waals surface area contributed by atoms with Crippen molar-refractivity contribution in [1.82, 2.24) is 14.5 Å². The second kappa shape index (κ2) is 2.94. The minimum atomic E-state index is -1.03. The van der Waals surface area contributed by atoms with Gasteiger partial charge in [0.05, 0.1) is 10.9 Å². The highest BCUT2D eigenvalue weighted by atomic mass is 16.4. The van der Waals surface area contributed by atoms with Crippen LogP contribution in [0.15, 0.2) is 6.20 Å². The normalized spacial score (nSPS) is 10.8. The van der Waals surface area contributed by atoms with Crippen LogP contribution in [0, 0.1) is 6.92 Å². The molecule has 6 nitrogen and oxygen atoms in total. The van der Waals surface area contributed by atoms with Gasteiger partial charge in [0.1, 0.15) is 17.3 Å². The van der Waals surface area contributed by atoms with Crippen LogP contribution in [0.4, 0.5) is 5.82 Å². The summed E-state index contributed by atoms with van der Waals surface area (Å²) >= 11 is 0. The van der Waals surface area contributed by atoms with E-state index in [2.05, 4.69) is 9.97 Å². The van der Waals surface area contributed by atoms with Crippen molar-refractivity contribution in [1.29, 1.82) is 0 Å². The van der Waals surface area contributed by atoms with Crippen molar-refractivity contribution >= 4 is 22.8 Å². The van der Waals surface area contributed by atoms with Gasteiger partial charge in [-0.15, -0.1) is 0 Å². The molecule has 0 amide bonds. The molecule has 2 aromatic rings. The van der Waals surface area contributed by atoms with E-state index in [1.807, 2.05) is 0 Å². The average Bonchev–Trinajstić information content (AvgIpc) is 2.44. The maximum absolute atomic E-state index is 10.9. The highest BCUT2D eigenvalue weighted by Gasteiger charge is 2.17. The SMILES string of the molecule is Cc1nc(N)c2c(C(=O)O)cn(C)c2n1. The largest absolute Gasteiger partial charge is 0.478 e. The molecule has 0 saturated heterocycles. The molecule has 15 heavy (non-hydrogen) atoms. The highest BCUT2D eigenvalue weighted by molar-refractivity contribution is 6.06. The molecule has 0 radical (unpaired) electrons. The zero-order chi connectivity index (χ0) is 11.2. The number of hydrogen-bond acceptors (Lipinski definition) is 4. The standard InChI is InChI=1S/C9H10N4O2/c1-4-11-7(10)6-5(9(14)15)3-13(2)8(6)12-4/h3H,1-2H3,(H,14,15)(H2,10,11,12). The smallest absolute Gasteiger partial charge is 0.338 e. The molecule has 0 saturated carbocycles. The minimum Gasteiger partial charge on any atom is -0.478 e. The first-order valence-corrected chi connectivity index (χ1v) is 4.33. The Bertz CT molecular complexity index is 559. The lowest BCUT2D eigenvalue weighted by molar-refractivity contribution is 0.0699. The summed E-state index contributed by atoms with van der Waals surface area (Å²) in [6.07, 6.45) is 1.48. The zero-order valence-electron chi connectivity index (χ0n) is 8.35. The van der Waals surface area contributed by atoms with Crippen molar-refractivity contribution in [3.8, 4) is 0 Å². The van der Waals surface area contributed by atoms with Crippen molar-refractivity contribution < 1.29 is 9.90 Å². The second-order valence-electron chi connectivity index (χ2n) is 3.31. The van der Waals surface area contributed by atoms with Crippen LogP contribution in [0.5, 0.6) is 0 Å². The van der Waals surface area contributed by atoms with Crippen molar-refractivity contribution in [3.05, 3.63) is 17.6 Å². The molecule has 0 aliphatic carbocycles. The molecule has 0 fully saturated rings. The summed E-state index contributed by atoms with van der Waals surface area (Å²) in [5.41, 5.74) is 6.35. The van der Waals surface area contributed by atoms with Crippen LogP contribution in [0.2, 0.25) is 0 Å². The van der Waals surface area contributed by atoms with Gasteiger partial charge in [-0.2, -0.15) is 0 Å². The predicted molar refractivity (Wildman–Crippen MR) is 54.6 cm³/mol. The predicted octanol–water partition coefficient (Wildman–Crippen LogP) is 0.557. The monoisotopic (exact) mass is 206 g/mol. The van der Waals surface area contributed by atoms with E-state index in [1.165, 1.54) is 6.20 Å². The molecular formula is C9H10N4O2. The molecule has 0 unspecified atom stereocenters. The Morgan fingerprint density at radius 1 is 1.53 bits per heavy atom. The lowest BCUT2D eigenvalue weighted by Crippen LogP contribution is -2.01. The molecule has 2 rings (SSSR count). The second-order valence-corrected chi connectivity index (χ2v) is 3.31. The maximum atomic E-state index is 10.9. The third-order valence-corrected chi connectivity index (χ3v) is 2.19. The maximum Gasteiger partial charge on any atom is 0.338 e. The topological polar surface area (TPSA) is 94.0 Å². The van der Waals surface area contributed by atoms with Crippen molar-refractivity contribution in [2.45, 2.75) is 6.92 Å². The summed E-state index contributed by atoms with van der Waals surface area (Å²) in [4.78, 5) is 19.0. The van der Waals surface area contributed by atoms with E-state index in [9.17, 15) is 4.79 Å².